The Labute approximate surface area is 111 Å². The fourth-order valence-electron chi connectivity index (χ4n) is 2.62. The maximum Gasteiger partial charge on any atom is 0.115 e. The first-order valence-corrected chi connectivity index (χ1v) is 7.20. The number of phenolic OH excluding ortho intramolecular Hbond substituents is 1. The minimum atomic E-state index is 0.378. The normalized spacial score (nSPS) is 17.9. The Hall–Kier alpha value is -1.32. The number of phenols is 1. The molecule has 1 atom stereocenters. The fraction of sp³-hybridized carbons (Fsp3) is 0.333. The molecule has 1 heterocycles. The second-order valence-corrected chi connectivity index (χ2v) is 5.88. The maximum absolute atomic E-state index is 9.48. The molecule has 18 heavy (non-hydrogen) atoms. The Morgan fingerprint density at radius 2 is 2.28 bits per heavy atom. The minimum absolute atomic E-state index is 0.378. The van der Waals surface area contributed by atoms with Gasteiger partial charge in [0, 0.05) is 17.5 Å². The second-order valence-electron chi connectivity index (χ2n) is 4.88. The Kier molecular flexibility index (Phi) is 3.10. The minimum Gasteiger partial charge on any atom is -0.508 e. The van der Waals surface area contributed by atoms with Crippen molar-refractivity contribution in [2.75, 3.05) is 0 Å². The summed E-state index contributed by atoms with van der Waals surface area (Å²) in [6.07, 6.45) is 2.19. The summed E-state index contributed by atoms with van der Waals surface area (Å²) in [5.74, 6) is 0.378. The summed E-state index contributed by atoms with van der Waals surface area (Å²) in [6.45, 7) is 3.10. The van der Waals surface area contributed by atoms with Gasteiger partial charge in [0.15, 0.2) is 0 Å². The molecule has 3 rings (SSSR count). The lowest BCUT2D eigenvalue weighted by Gasteiger charge is -2.13. The van der Waals surface area contributed by atoms with E-state index in [0.717, 1.165) is 19.4 Å². The van der Waals surface area contributed by atoms with Gasteiger partial charge in [-0.05, 0) is 60.0 Å². The summed E-state index contributed by atoms with van der Waals surface area (Å²) in [5.41, 5.74) is 4.01. The number of aromatic hydroxyl groups is 1. The van der Waals surface area contributed by atoms with E-state index in [0.29, 0.717) is 11.8 Å². The number of hydrogen-bond acceptors (Lipinski definition) is 3. The lowest BCUT2D eigenvalue weighted by atomic mass is 10.1. The van der Waals surface area contributed by atoms with E-state index in [1.165, 1.54) is 21.6 Å². The van der Waals surface area contributed by atoms with E-state index in [1.807, 2.05) is 17.4 Å². The zero-order chi connectivity index (χ0) is 12.5. The molecule has 0 amide bonds. The molecule has 0 saturated heterocycles. The summed E-state index contributed by atoms with van der Waals surface area (Å²) in [5, 5.41) is 15.3. The number of aryl methyl sites for hydroxylation is 2. The van der Waals surface area contributed by atoms with Gasteiger partial charge in [0.25, 0.3) is 0 Å². The van der Waals surface area contributed by atoms with Gasteiger partial charge in [-0.1, -0.05) is 6.07 Å². The molecule has 2 nitrogen and oxygen atoms in total. The Balaban J connectivity index is 1.71. The average Bonchev–Trinajstić information content (AvgIpc) is 2.93. The van der Waals surface area contributed by atoms with Crippen molar-refractivity contribution in [3.8, 4) is 5.75 Å². The molecule has 0 aliphatic heterocycles. The smallest absolute Gasteiger partial charge is 0.115 e. The number of thiophene rings is 1. The van der Waals surface area contributed by atoms with Crippen LogP contribution in [0.25, 0.3) is 0 Å². The van der Waals surface area contributed by atoms with Crippen LogP contribution in [0.4, 0.5) is 0 Å². The molecule has 0 bridgehead atoms. The van der Waals surface area contributed by atoms with Gasteiger partial charge in [-0.2, -0.15) is 0 Å². The van der Waals surface area contributed by atoms with Crippen molar-refractivity contribution in [3.63, 3.8) is 0 Å². The van der Waals surface area contributed by atoms with Crippen molar-refractivity contribution in [2.24, 2.45) is 0 Å². The van der Waals surface area contributed by atoms with Gasteiger partial charge in [-0.25, -0.2) is 0 Å². The number of rotatable bonds is 3. The van der Waals surface area contributed by atoms with Crippen LogP contribution in [0.5, 0.6) is 5.75 Å². The largest absolute Gasteiger partial charge is 0.508 e. The van der Waals surface area contributed by atoms with Crippen LogP contribution in [0.2, 0.25) is 0 Å². The highest BCUT2D eigenvalue weighted by atomic mass is 32.1. The van der Waals surface area contributed by atoms with Gasteiger partial charge in [0.2, 0.25) is 0 Å². The first kappa shape index (κ1) is 11.8. The van der Waals surface area contributed by atoms with Gasteiger partial charge in [-0.3, -0.25) is 0 Å². The van der Waals surface area contributed by atoms with E-state index in [2.05, 4.69) is 29.8 Å². The van der Waals surface area contributed by atoms with Crippen molar-refractivity contribution >= 4 is 11.3 Å². The molecule has 1 aliphatic carbocycles. The number of benzene rings is 1. The molecule has 1 aromatic carbocycles. The Bertz CT molecular complexity index is 561. The van der Waals surface area contributed by atoms with Crippen molar-refractivity contribution in [2.45, 2.75) is 32.4 Å². The Morgan fingerprint density at radius 3 is 3.06 bits per heavy atom. The van der Waals surface area contributed by atoms with Crippen LogP contribution in [0.15, 0.2) is 29.6 Å². The molecular formula is C15H17NOS. The average molecular weight is 259 g/mol. The second kappa shape index (κ2) is 4.75. The van der Waals surface area contributed by atoms with E-state index < -0.39 is 0 Å². The third-order valence-corrected chi connectivity index (χ3v) is 4.70. The van der Waals surface area contributed by atoms with Gasteiger partial charge < -0.3 is 10.4 Å². The van der Waals surface area contributed by atoms with Gasteiger partial charge in [-0.15, -0.1) is 11.3 Å². The molecule has 0 saturated carbocycles. The molecule has 0 radical (unpaired) electrons. The van der Waals surface area contributed by atoms with Crippen LogP contribution in [0, 0.1) is 6.92 Å². The van der Waals surface area contributed by atoms with Crippen molar-refractivity contribution < 1.29 is 5.11 Å². The molecule has 1 aromatic heterocycles. The van der Waals surface area contributed by atoms with E-state index >= 15 is 0 Å². The van der Waals surface area contributed by atoms with Crippen LogP contribution in [-0.4, -0.2) is 5.11 Å². The monoisotopic (exact) mass is 259 g/mol. The third-order valence-electron chi connectivity index (χ3n) is 3.68. The molecule has 1 unspecified atom stereocenters. The van der Waals surface area contributed by atoms with Crippen LogP contribution in [-0.2, 0) is 13.0 Å². The summed E-state index contributed by atoms with van der Waals surface area (Å²) in [4.78, 5) is 1.42. The molecular weight excluding hydrogens is 242 g/mol. The topological polar surface area (TPSA) is 32.3 Å². The zero-order valence-electron chi connectivity index (χ0n) is 10.4. The van der Waals surface area contributed by atoms with E-state index in [1.54, 1.807) is 6.07 Å². The molecule has 0 fully saturated rings. The van der Waals surface area contributed by atoms with Gasteiger partial charge in [0.05, 0.1) is 0 Å². The summed E-state index contributed by atoms with van der Waals surface area (Å²) in [6, 6.07) is 8.34. The molecule has 2 N–H and O–H groups in total. The summed E-state index contributed by atoms with van der Waals surface area (Å²) >= 11 is 1.81. The van der Waals surface area contributed by atoms with Crippen LogP contribution < -0.4 is 5.32 Å². The van der Waals surface area contributed by atoms with E-state index in [9.17, 15) is 5.11 Å². The van der Waals surface area contributed by atoms with Crippen LogP contribution >= 0.6 is 11.3 Å². The first-order chi connectivity index (χ1) is 8.74. The lowest BCUT2D eigenvalue weighted by molar-refractivity contribution is 0.474. The summed E-state index contributed by atoms with van der Waals surface area (Å²) in [7, 11) is 0. The molecule has 3 heteroatoms. The molecule has 0 spiro atoms. The lowest BCUT2D eigenvalue weighted by Crippen LogP contribution is -2.18. The van der Waals surface area contributed by atoms with Crippen molar-refractivity contribution in [3.05, 3.63) is 51.2 Å². The molecule has 1 aliphatic rings. The quantitative estimate of drug-likeness (QED) is 0.883. The molecule has 94 valence electrons. The standard InChI is InChI=1S/C15H17NOS/c1-10-6-7-18-15(10)9-16-14-5-2-11-8-12(17)3-4-13(11)14/h3-4,6-8,14,16-17H,2,5,9H2,1H3. The zero-order valence-corrected chi connectivity index (χ0v) is 11.3. The highest BCUT2D eigenvalue weighted by Crippen LogP contribution is 2.33. The number of nitrogens with one attached hydrogen (secondary N) is 1. The highest BCUT2D eigenvalue weighted by molar-refractivity contribution is 7.10. The van der Waals surface area contributed by atoms with E-state index in [-0.39, 0.29) is 0 Å². The predicted molar refractivity (Wildman–Crippen MR) is 75.1 cm³/mol. The third kappa shape index (κ3) is 2.16. The van der Waals surface area contributed by atoms with Gasteiger partial charge >= 0.3 is 0 Å². The highest BCUT2D eigenvalue weighted by Gasteiger charge is 2.22. The van der Waals surface area contributed by atoms with Gasteiger partial charge in [0.1, 0.15) is 5.75 Å². The van der Waals surface area contributed by atoms with Crippen molar-refractivity contribution in [1.29, 1.82) is 0 Å². The number of fused-ring (bicyclic) bond motifs is 1. The Morgan fingerprint density at radius 1 is 1.39 bits per heavy atom. The van der Waals surface area contributed by atoms with Crippen molar-refractivity contribution in [1.82, 2.24) is 5.32 Å². The van der Waals surface area contributed by atoms with Crippen LogP contribution in [0.1, 0.15) is 34.0 Å². The van der Waals surface area contributed by atoms with E-state index in [4.69, 9.17) is 0 Å². The SMILES string of the molecule is Cc1ccsc1CNC1CCc2cc(O)ccc21. The molecule has 2 aromatic rings. The predicted octanol–water partition coefficient (Wildman–Crippen LogP) is 3.54. The first-order valence-electron chi connectivity index (χ1n) is 6.32. The fourth-order valence-corrected chi connectivity index (χ4v) is 3.47. The maximum atomic E-state index is 9.48. The summed E-state index contributed by atoms with van der Waals surface area (Å²) < 4.78 is 0. The number of hydrogen-bond donors (Lipinski definition) is 2. The van der Waals surface area contributed by atoms with Crippen LogP contribution in [0.3, 0.4) is 0 Å².